The number of amides is 2. The number of nitro groups is 1. The molecule has 3 aromatic carbocycles. The maximum absolute atomic E-state index is 13.8. The molecular weight excluding hydrogens is 763 g/mol. The summed E-state index contributed by atoms with van der Waals surface area (Å²) in [5, 5.41) is 15.9. The van der Waals surface area contributed by atoms with Gasteiger partial charge in [-0.15, -0.1) is 0 Å². The predicted molar refractivity (Wildman–Crippen MR) is 218 cm³/mol. The van der Waals surface area contributed by atoms with Crippen molar-refractivity contribution in [2.45, 2.75) is 43.0 Å². The van der Waals surface area contributed by atoms with Crippen LogP contribution in [0.25, 0.3) is 16.6 Å². The quantitative estimate of drug-likeness (QED) is 0.0922. The van der Waals surface area contributed by atoms with E-state index in [0.29, 0.717) is 50.7 Å². The largest absolute Gasteiger partial charge is 0.455 e. The highest BCUT2D eigenvalue weighted by molar-refractivity contribution is 7.90. The Morgan fingerprint density at radius 3 is 2.60 bits per heavy atom. The summed E-state index contributed by atoms with van der Waals surface area (Å²) in [5.41, 5.74) is 3.02. The average molecular weight is 806 g/mol. The average Bonchev–Trinajstić information content (AvgIpc) is 3.94. The summed E-state index contributed by atoms with van der Waals surface area (Å²) in [7, 11) is -4.57. The fourth-order valence-electron chi connectivity index (χ4n) is 7.81. The molecule has 2 saturated heterocycles. The molecule has 0 radical (unpaired) electrons. The SMILES string of the molecule is O=C(NS(=O)(=O)c1ccc(NCC2CCOCC2)c([N+](=O)[O-])c1)c1ccc(C2=CCN(C(=O)[C@@H]3CCCN3c3ccccc3)CC2)cc1Oc1cnc2[nH]ccc2c1. The van der Waals surface area contributed by atoms with Gasteiger partial charge in [0.2, 0.25) is 5.91 Å². The van der Waals surface area contributed by atoms with Crippen LogP contribution in [0.4, 0.5) is 17.1 Å². The molecule has 58 heavy (non-hydrogen) atoms. The molecule has 0 aliphatic carbocycles. The first kappa shape index (κ1) is 38.6. The Morgan fingerprint density at radius 2 is 1.83 bits per heavy atom. The number of benzene rings is 3. The molecule has 0 unspecified atom stereocenters. The second-order valence-corrected chi connectivity index (χ2v) is 16.3. The predicted octanol–water partition coefficient (Wildman–Crippen LogP) is 6.51. The smallest absolute Gasteiger partial charge is 0.293 e. The zero-order valence-corrected chi connectivity index (χ0v) is 32.5. The van der Waals surface area contributed by atoms with Crippen molar-refractivity contribution in [2.24, 2.45) is 5.92 Å². The fourth-order valence-corrected chi connectivity index (χ4v) is 8.80. The molecule has 8 rings (SSSR count). The molecule has 3 aliphatic heterocycles. The van der Waals surface area contributed by atoms with Crippen molar-refractivity contribution < 1.29 is 32.4 Å². The van der Waals surface area contributed by atoms with E-state index in [4.69, 9.17) is 9.47 Å². The van der Waals surface area contributed by atoms with E-state index in [-0.39, 0.29) is 34.9 Å². The number of fused-ring (bicyclic) bond motifs is 1. The van der Waals surface area contributed by atoms with Crippen LogP contribution in [0, 0.1) is 16.0 Å². The highest BCUT2D eigenvalue weighted by Crippen LogP contribution is 2.34. The van der Waals surface area contributed by atoms with Gasteiger partial charge in [-0.3, -0.25) is 19.7 Å². The number of H-pyrrole nitrogens is 1. The van der Waals surface area contributed by atoms with Gasteiger partial charge in [0.05, 0.1) is 21.6 Å². The van der Waals surface area contributed by atoms with E-state index in [9.17, 15) is 28.1 Å². The third-order valence-electron chi connectivity index (χ3n) is 11.0. The van der Waals surface area contributed by atoms with Crippen LogP contribution < -0.4 is 19.7 Å². The number of rotatable bonds is 12. The minimum Gasteiger partial charge on any atom is -0.455 e. The van der Waals surface area contributed by atoms with E-state index in [0.717, 1.165) is 60.5 Å². The van der Waals surface area contributed by atoms with Crippen LogP contribution in [0.2, 0.25) is 0 Å². The van der Waals surface area contributed by atoms with Gasteiger partial charge in [-0.2, -0.15) is 0 Å². The Bertz CT molecular complexity index is 2480. The lowest BCUT2D eigenvalue weighted by atomic mass is 9.97. The number of para-hydroxylation sites is 1. The summed E-state index contributed by atoms with van der Waals surface area (Å²) >= 11 is 0. The molecule has 2 aromatic heterocycles. The number of hydrogen-bond acceptors (Lipinski definition) is 11. The van der Waals surface area contributed by atoms with E-state index in [1.807, 2.05) is 47.4 Å². The second-order valence-electron chi connectivity index (χ2n) is 14.7. The highest BCUT2D eigenvalue weighted by Gasteiger charge is 2.34. The number of aromatic nitrogens is 2. The summed E-state index contributed by atoms with van der Waals surface area (Å²) in [5.74, 6) is -0.247. The molecule has 16 heteroatoms. The summed E-state index contributed by atoms with van der Waals surface area (Å²) in [6.07, 6.45) is 9.14. The van der Waals surface area contributed by atoms with Gasteiger partial charge >= 0.3 is 0 Å². The monoisotopic (exact) mass is 805 g/mol. The Labute approximate surface area is 335 Å². The lowest BCUT2D eigenvalue weighted by Gasteiger charge is -2.33. The third-order valence-corrected chi connectivity index (χ3v) is 12.3. The number of hydrogen-bond donors (Lipinski definition) is 3. The number of nitrogens with zero attached hydrogens (tertiary/aromatic N) is 4. The number of nitro benzene ring substituents is 1. The van der Waals surface area contributed by atoms with E-state index < -0.39 is 31.4 Å². The Morgan fingerprint density at radius 1 is 1.00 bits per heavy atom. The van der Waals surface area contributed by atoms with Crippen LogP contribution in [-0.2, 0) is 19.6 Å². The molecule has 15 nitrogen and oxygen atoms in total. The number of carbonyl (C=O) groups is 2. The van der Waals surface area contributed by atoms with Gasteiger partial charge in [0.25, 0.3) is 21.6 Å². The zero-order chi connectivity index (χ0) is 40.2. The van der Waals surface area contributed by atoms with Crippen molar-refractivity contribution in [1.29, 1.82) is 0 Å². The van der Waals surface area contributed by atoms with Crippen LogP contribution in [-0.4, -0.2) is 85.5 Å². The Hall–Kier alpha value is -6.26. The lowest BCUT2D eigenvalue weighted by Crippen LogP contribution is -2.47. The number of aromatic amines is 1. The molecule has 0 spiro atoms. The molecule has 1 atom stereocenters. The van der Waals surface area contributed by atoms with Crippen molar-refractivity contribution in [3.8, 4) is 11.5 Å². The molecule has 300 valence electrons. The maximum atomic E-state index is 13.8. The van der Waals surface area contributed by atoms with Gasteiger partial charge in [0.15, 0.2) is 0 Å². The Kier molecular flexibility index (Phi) is 11.1. The maximum Gasteiger partial charge on any atom is 0.293 e. The summed E-state index contributed by atoms with van der Waals surface area (Å²) < 4.78 is 40.9. The van der Waals surface area contributed by atoms with E-state index in [1.165, 1.54) is 24.4 Å². The molecule has 2 amide bonds. The highest BCUT2D eigenvalue weighted by atomic mass is 32.2. The van der Waals surface area contributed by atoms with Crippen molar-refractivity contribution in [3.63, 3.8) is 0 Å². The van der Waals surface area contributed by atoms with Crippen LogP contribution in [0.5, 0.6) is 11.5 Å². The van der Waals surface area contributed by atoms with E-state index >= 15 is 0 Å². The van der Waals surface area contributed by atoms with Gasteiger partial charge in [0.1, 0.15) is 28.9 Å². The minimum atomic E-state index is -4.57. The number of carbonyl (C=O) groups excluding carboxylic acids is 2. The topological polar surface area (TPSA) is 189 Å². The number of ether oxygens (including phenoxy) is 2. The Balaban J connectivity index is 1.02. The molecule has 3 N–H and O–H groups in total. The van der Waals surface area contributed by atoms with Gasteiger partial charge < -0.3 is 29.6 Å². The molecule has 0 saturated carbocycles. The van der Waals surface area contributed by atoms with Gasteiger partial charge in [-0.25, -0.2) is 18.1 Å². The third kappa shape index (κ3) is 8.38. The van der Waals surface area contributed by atoms with Crippen LogP contribution in [0.15, 0.2) is 102 Å². The number of anilines is 2. The number of nitrogens with one attached hydrogen (secondary N) is 3. The number of sulfonamides is 1. The molecule has 0 bridgehead atoms. The normalized spacial score (nSPS) is 17.5. The van der Waals surface area contributed by atoms with Crippen molar-refractivity contribution in [3.05, 3.63) is 119 Å². The molecule has 2 fully saturated rings. The molecule has 5 aromatic rings. The first-order valence-electron chi connectivity index (χ1n) is 19.3. The first-order chi connectivity index (χ1) is 28.1. The lowest BCUT2D eigenvalue weighted by molar-refractivity contribution is -0.384. The minimum absolute atomic E-state index is 0.0735. The van der Waals surface area contributed by atoms with Crippen LogP contribution in [0.1, 0.15) is 48.0 Å². The van der Waals surface area contributed by atoms with Crippen LogP contribution >= 0.6 is 0 Å². The van der Waals surface area contributed by atoms with Gasteiger partial charge in [-0.1, -0.05) is 30.3 Å². The van der Waals surface area contributed by atoms with Crippen molar-refractivity contribution in [1.82, 2.24) is 19.6 Å². The summed E-state index contributed by atoms with van der Waals surface area (Å²) in [4.78, 5) is 50.0. The zero-order valence-electron chi connectivity index (χ0n) is 31.6. The van der Waals surface area contributed by atoms with Crippen molar-refractivity contribution in [2.75, 3.05) is 49.6 Å². The first-order valence-corrected chi connectivity index (χ1v) is 20.8. The van der Waals surface area contributed by atoms with E-state index in [2.05, 4.69) is 24.9 Å². The number of pyridine rings is 1. The van der Waals surface area contributed by atoms with Crippen molar-refractivity contribution >= 4 is 55.5 Å². The van der Waals surface area contributed by atoms with E-state index in [1.54, 1.807) is 24.4 Å². The van der Waals surface area contributed by atoms with Gasteiger partial charge in [0, 0.05) is 62.7 Å². The summed E-state index contributed by atoms with van der Waals surface area (Å²) in [6.45, 7) is 3.45. The van der Waals surface area contributed by atoms with Crippen LogP contribution in [0.3, 0.4) is 0 Å². The second kappa shape index (κ2) is 16.7. The standard InChI is InChI=1S/C42H43N7O8S/c50-41(46-58(54,55)34-9-11-36(38(25-34)49(52)53)44-26-28-15-21-56-22-16-28)35-10-8-30(24-39(35)57-33-23-31-12-17-43-40(31)45-27-33)29-13-19-47(20-14-29)42(51)37-7-4-18-48(37)32-5-2-1-3-6-32/h1-3,5-6,8-13,17,23-25,27-28,37,44H,4,7,14-16,18-22,26H2,(H,43,45)(H,46,50)/t37-/m0/s1. The molecule has 5 heterocycles. The fraction of sp³-hybridized carbons (Fsp3) is 0.310. The summed E-state index contributed by atoms with van der Waals surface area (Å²) in [6, 6.07) is 21.7. The van der Waals surface area contributed by atoms with Gasteiger partial charge in [-0.05, 0) is 97.7 Å². The molecule has 3 aliphatic rings. The molecular formula is C42H43N7O8S.